The standard InChI is InChI=1S/C18H17ClN6O2/c1-2-21-18(27)24-16-9-15(25-7-6-20-11-25)14(10-22-16)17(26)23-13-5-3-4-12(19)8-13/h3-11H,2H2,1H3,(H,23,26)(H2,21,22,24,27). The molecule has 0 aliphatic carbocycles. The Morgan fingerprint density at radius 3 is 2.78 bits per heavy atom. The van der Waals surface area contributed by atoms with Gasteiger partial charge in [-0.15, -0.1) is 0 Å². The second-order valence-corrected chi connectivity index (χ2v) is 5.94. The summed E-state index contributed by atoms with van der Waals surface area (Å²) in [4.78, 5) is 32.6. The molecule has 27 heavy (non-hydrogen) atoms. The number of pyridine rings is 1. The van der Waals surface area contributed by atoms with E-state index in [9.17, 15) is 9.59 Å². The molecule has 0 radical (unpaired) electrons. The van der Waals surface area contributed by atoms with Crippen LogP contribution in [0.5, 0.6) is 0 Å². The largest absolute Gasteiger partial charge is 0.338 e. The monoisotopic (exact) mass is 384 g/mol. The molecule has 2 aromatic heterocycles. The molecule has 0 atom stereocenters. The number of nitrogens with zero attached hydrogens (tertiary/aromatic N) is 3. The number of aromatic nitrogens is 3. The Balaban J connectivity index is 1.91. The Morgan fingerprint density at radius 2 is 2.07 bits per heavy atom. The Labute approximate surface area is 160 Å². The van der Waals surface area contributed by atoms with Crippen molar-refractivity contribution in [2.75, 3.05) is 17.2 Å². The SMILES string of the molecule is CCNC(=O)Nc1cc(-n2ccnc2)c(C(=O)Nc2cccc(Cl)c2)cn1. The number of carbonyl (C=O) groups is 2. The number of hydrogen-bond donors (Lipinski definition) is 3. The summed E-state index contributed by atoms with van der Waals surface area (Å²) in [5, 5.41) is 8.55. The highest BCUT2D eigenvalue weighted by molar-refractivity contribution is 6.31. The van der Waals surface area contributed by atoms with Gasteiger partial charge in [0.2, 0.25) is 0 Å². The molecule has 0 saturated carbocycles. The van der Waals surface area contributed by atoms with Gasteiger partial charge in [0.1, 0.15) is 5.82 Å². The number of urea groups is 1. The van der Waals surface area contributed by atoms with Gasteiger partial charge in [0.25, 0.3) is 5.91 Å². The Bertz CT molecular complexity index is 958. The zero-order valence-corrected chi connectivity index (χ0v) is 15.2. The summed E-state index contributed by atoms with van der Waals surface area (Å²) in [6.07, 6.45) is 6.25. The van der Waals surface area contributed by atoms with Gasteiger partial charge in [-0.2, -0.15) is 0 Å². The first-order valence-electron chi connectivity index (χ1n) is 8.17. The van der Waals surface area contributed by atoms with Crippen LogP contribution in [0.15, 0.2) is 55.2 Å². The maximum Gasteiger partial charge on any atom is 0.320 e. The second-order valence-electron chi connectivity index (χ2n) is 5.51. The molecule has 0 fully saturated rings. The fourth-order valence-corrected chi connectivity index (χ4v) is 2.58. The van der Waals surface area contributed by atoms with Gasteiger partial charge in [-0.05, 0) is 25.1 Å². The summed E-state index contributed by atoms with van der Waals surface area (Å²) < 4.78 is 1.66. The molecular formula is C18H17ClN6O2. The van der Waals surface area contributed by atoms with Crippen LogP contribution in [-0.4, -0.2) is 33.0 Å². The van der Waals surface area contributed by atoms with Crippen LogP contribution >= 0.6 is 11.6 Å². The smallest absolute Gasteiger partial charge is 0.320 e. The van der Waals surface area contributed by atoms with Crippen molar-refractivity contribution in [1.82, 2.24) is 19.9 Å². The molecule has 0 unspecified atom stereocenters. The van der Waals surface area contributed by atoms with Crippen molar-refractivity contribution < 1.29 is 9.59 Å². The maximum absolute atomic E-state index is 12.7. The van der Waals surface area contributed by atoms with Crippen molar-refractivity contribution >= 4 is 35.0 Å². The molecule has 3 N–H and O–H groups in total. The summed E-state index contributed by atoms with van der Waals surface area (Å²) in [5.74, 6) is -0.0537. The van der Waals surface area contributed by atoms with E-state index in [4.69, 9.17) is 11.6 Å². The third-order valence-electron chi connectivity index (χ3n) is 3.57. The fraction of sp³-hybridized carbons (Fsp3) is 0.111. The molecule has 2 heterocycles. The number of halogens is 1. The van der Waals surface area contributed by atoms with Gasteiger partial charge in [-0.25, -0.2) is 14.8 Å². The highest BCUT2D eigenvalue weighted by Gasteiger charge is 2.16. The predicted octanol–water partition coefficient (Wildman–Crippen LogP) is 3.31. The Morgan fingerprint density at radius 1 is 1.22 bits per heavy atom. The number of imidazole rings is 1. The maximum atomic E-state index is 12.7. The molecular weight excluding hydrogens is 368 g/mol. The number of benzene rings is 1. The highest BCUT2D eigenvalue weighted by atomic mass is 35.5. The van der Waals surface area contributed by atoms with Gasteiger partial charge in [0.05, 0.1) is 17.6 Å². The van der Waals surface area contributed by atoms with Gasteiger partial charge >= 0.3 is 6.03 Å². The summed E-state index contributed by atoms with van der Waals surface area (Å²) >= 11 is 5.96. The average molecular weight is 385 g/mol. The molecule has 0 aliphatic heterocycles. The van der Waals surface area contributed by atoms with Crippen molar-refractivity contribution in [2.24, 2.45) is 0 Å². The van der Waals surface area contributed by atoms with Gasteiger partial charge < -0.3 is 15.2 Å². The molecule has 0 bridgehead atoms. The highest BCUT2D eigenvalue weighted by Crippen LogP contribution is 2.21. The number of amides is 3. The molecule has 9 heteroatoms. The van der Waals surface area contributed by atoms with Crippen LogP contribution in [0.25, 0.3) is 5.69 Å². The normalized spacial score (nSPS) is 10.3. The van der Waals surface area contributed by atoms with Crippen LogP contribution in [0.1, 0.15) is 17.3 Å². The van der Waals surface area contributed by atoms with Crippen molar-refractivity contribution in [3.05, 3.63) is 65.8 Å². The van der Waals surface area contributed by atoms with E-state index < -0.39 is 0 Å². The van der Waals surface area contributed by atoms with Gasteiger partial charge in [-0.1, -0.05) is 17.7 Å². The van der Waals surface area contributed by atoms with Crippen molar-refractivity contribution in [3.63, 3.8) is 0 Å². The first-order chi connectivity index (χ1) is 13.1. The molecule has 3 amide bonds. The minimum absolute atomic E-state index is 0.309. The molecule has 138 valence electrons. The third kappa shape index (κ3) is 4.62. The molecule has 0 spiro atoms. The van der Waals surface area contributed by atoms with Crippen molar-refractivity contribution in [1.29, 1.82) is 0 Å². The van der Waals surface area contributed by atoms with Crippen LogP contribution in [0.4, 0.5) is 16.3 Å². The van der Waals surface area contributed by atoms with E-state index >= 15 is 0 Å². The zero-order valence-electron chi connectivity index (χ0n) is 14.4. The summed E-state index contributed by atoms with van der Waals surface area (Å²) in [6, 6.07) is 8.07. The van der Waals surface area contributed by atoms with E-state index in [2.05, 4.69) is 25.9 Å². The van der Waals surface area contributed by atoms with Crippen molar-refractivity contribution in [3.8, 4) is 5.69 Å². The Hall–Kier alpha value is -3.39. The van der Waals surface area contributed by atoms with Crippen LogP contribution in [-0.2, 0) is 0 Å². The lowest BCUT2D eigenvalue weighted by molar-refractivity contribution is 0.102. The quantitative estimate of drug-likeness (QED) is 0.628. The molecule has 1 aromatic carbocycles. The van der Waals surface area contributed by atoms with Gasteiger partial charge in [-0.3, -0.25) is 10.1 Å². The number of carbonyl (C=O) groups excluding carboxylic acids is 2. The molecule has 0 saturated heterocycles. The summed E-state index contributed by atoms with van der Waals surface area (Å²) in [7, 11) is 0. The topological polar surface area (TPSA) is 101 Å². The zero-order chi connectivity index (χ0) is 19.2. The van der Waals surface area contributed by atoms with E-state index in [0.717, 1.165) is 0 Å². The lowest BCUT2D eigenvalue weighted by Crippen LogP contribution is -2.28. The van der Waals surface area contributed by atoms with E-state index in [1.165, 1.54) is 6.20 Å². The predicted molar refractivity (Wildman–Crippen MR) is 103 cm³/mol. The minimum atomic E-state index is -0.377. The van der Waals surface area contributed by atoms with Crippen LogP contribution in [0.3, 0.4) is 0 Å². The second kappa shape index (κ2) is 8.33. The molecule has 8 nitrogen and oxygen atoms in total. The van der Waals surface area contributed by atoms with Crippen LogP contribution in [0, 0.1) is 0 Å². The van der Waals surface area contributed by atoms with E-state index in [1.807, 2.05) is 6.92 Å². The fourth-order valence-electron chi connectivity index (χ4n) is 2.39. The van der Waals surface area contributed by atoms with Crippen LogP contribution < -0.4 is 16.0 Å². The van der Waals surface area contributed by atoms with Crippen molar-refractivity contribution in [2.45, 2.75) is 6.92 Å². The van der Waals surface area contributed by atoms with E-state index in [0.29, 0.717) is 34.3 Å². The molecule has 3 rings (SSSR count). The number of nitrogens with one attached hydrogen (secondary N) is 3. The molecule has 3 aromatic rings. The van der Waals surface area contributed by atoms with Gasteiger partial charge in [0.15, 0.2) is 0 Å². The minimum Gasteiger partial charge on any atom is -0.338 e. The summed E-state index contributed by atoms with van der Waals surface area (Å²) in [6.45, 7) is 2.30. The number of hydrogen-bond acceptors (Lipinski definition) is 4. The van der Waals surface area contributed by atoms with E-state index in [1.54, 1.807) is 53.6 Å². The van der Waals surface area contributed by atoms with Gasteiger partial charge in [0, 0.05) is 41.9 Å². The number of rotatable bonds is 5. The third-order valence-corrected chi connectivity index (χ3v) is 3.81. The van der Waals surface area contributed by atoms with Crippen LogP contribution in [0.2, 0.25) is 5.02 Å². The lowest BCUT2D eigenvalue weighted by atomic mass is 10.2. The first-order valence-corrected chi connectivity index (χ1v) is 8.54. The Kier molecular flexibility index (Phi) is 5.68. The average Bonchev–Trinajstić information content (AvgIpc) is 3.16. The first kappa shape index (κ1) is 18.4. The lowest BCUT2D eigenvalue weighted by Gasteiger charge is -2.13. The molecule has 0 aliphatic rings. The van der Waals surface area contributed by atoms with E-state index in [-0.39, 0.29) is 11.9 Å². The summed E-state index contributed by atoms with van der Waals surface area (Å²) in [5.41, 5.74) is 1.40. The number of anilines is 2.